The Morgan fingerprint density at radius 1 is 0.875 bits per heavy atom. The fourth-order valence-corrected chi connectivity index (χ4v) is 3.00. The lowest BCUT2D eigenvalue weighted by atomic mass is 9.98. The molecule has 0 aliphatic carbocycles. The number of H-pyrrole nitrogens is 1. The fourth-order valence-electron chi connectivity index (χ4n) is 2.80. The Morgan fingerprint density at radius 2 is 1.50 bits per heavy atom. The summed E-state index contributed by atoms with van der Waals surface area (Å²) in [6.07, 6.45) is 1.48. The van der Waals surface area contributed by atoms with Crippen molar-refractivity contribution in [3.05, 3.63) is 88.3 Å². The van der Waals surface area contributed by atoms with Crippen molar-refractivity contribution in [2.45, 2.75) is 0 Å². The average Bonchev–Trinajstić information content (AvgIpc) is 2.65. The monoisotopic (exact) mass is 332 g/mol. The Bertz CT molecular complexity index is 1070. The highest BCUT2D eigenvalue weighted by atomic mass is 35.5. The number of fused-ring (bicyclic) bond motifs is 1. The normalized spacial score (nSPS) is 10.9. The zero-order chi connectivity index (χ0) is 16.5. The molecule has 116 valence electrons. The van der Waals surface area contributed by atoms with Crippen LogP contribution in [0.1, 0.15) is 0 Å². The third kappa shape index (κ3) is 2.49. The largest absolute Gasteiger partial charge is 0.327 e. The van der Waals surface area contributed by atoms with Gasteiger partial charge in [-0.3, -0.25) is 4.79 Å². The van der Waals surface area contributed by atoms with Gasteiger partial charge in [-0.2, -0.15) is 0 Å². The van der Waals surface area contributed by atoms with E-state index in [0.29, 0.717) is 15.9 Å². The summed E-state index contributed by atoms with van der Waals surface area (Å²) in [5.41, 5.74) is 4.02. The van der Waals surface area contributed by atoms with Crippen molar-refractivity contribution in [1.29, 1.82) is 0 Å². The predicted molar refractivity (Wildman–Crippen MR) is 98.2 cm³/mol. The zero-order valence-electron chi connectivity index (χ0n) is 12.7. The predicted octanol–water partition coefficient (Wildman–Crippen LogP) is 4.91. The van der Waals surface area contributed by atoms with E-state index in [1.165, 1.54) is 6.20 Å². The highest BCUT2D eigenvalue weighted by molar-refractivity contribution is 6.34. The molecule has 0 aliphatic heterocycles. The van der Waals surface area contributed by atoms with E-state index < -0.39 is 0 Å². The second-order valence-corrected chi connectivity index (χ2v) is 5.89. The van der Waals surface area contributed by atoms with Crippen molar-refractivity contribution >= 4 is 22.5 Å². The van der Waals surface area contributed by atoms with Crippen molar-refractivity contribution in [3.8, 4) is 22.4 Å². The quantitative estimate of drug-likeness (QED) is 0.567. The number of hydrogen-bond acceptors (Lipinski definition) is 2. The van der Waals surface area contributed by atoms with E-state index in [0.717, 1.165) is 22.4 Å². The summed E-state index contributed by atoms with van der Waals surface area (Å²) in [6.45, 7) is 0. The zero-order valence-corrected chi connectivity index (χ0v) is 13.4. The Morgan fingerprint density at radius 3 is 2.17 bits per heavy atom. The molecule has 4 aromatic rings. The maximum Gasteiger partial charge on any atom is 0.257 e. The summed E-state index contributed by atoms with van der Waals surface area (Å²) in [5.74, 6) is 0. The molecule has 4 rings (SSSR count). The average molecular weight is 333 g/mol. The third-order valence-corrected chi connectivity index (χ3v) is 4.24. The van der Waals surface area contributed by atoms with E-state index in [4.69, 9.17) is 16.6 Å². The number of rotatable bonds is 2. The second-order valence-electron chi connectivity index (χ2n) is 5.48. The first-order valence-corrected chi connectivity index (χ1v) is 7.94. The van der Waals surface area contributed by atoms with E-state index >= 15 is 0 Å². The fraction of sp³-hybridized carbons (Fsp3) is 0. The minimum absolute atomic E-state index is 0.196. The van der Waals surface area contributed by atoms with E-state index in [9.17, 15) is 4.79 Å². The summed E-state index contributed by atoms with van der Waals surface area (Å²) >= 11 is 6.25. The molecule has 3 nitrogen and oxygen atoms in total. The molecule has 0 radical (unpaired) electrons. The number of nitrogens with zero attached hydrogens (tertiary/aromatic N) is 1. The van der Waals surface area contributed by atoms with Gasteiger partial charge in [0.25, 0.3) is 5.56 Å². The maximum atomic E-state index is 12.2. The van der Waals surface area contributed by atoms with E-state index in [1.54, 1.807) is 0 Å². The first-order chi connectivity index (χ1) is 11.7. The topological polar surface area (TPSA) is 45.8 Å². The molecule has 2 aromatic carbocycles. The van der Waals surface area contributed by atoms with Crippen LogP contribution < -0.4 is 5.56 Å². The molecule has 24 heavy (non-hydrogen) atoms. The first-order valence-electron chi connectivity index (χ1n) is 7.57. The molecule has 0 unspecified atom stereocenters. The molecule has 0 amide bonds. The van der Waals surface area contributed by atoms with Crippen LogP contribution in [-0.2, 0) is 0 Å². The van der Waals surface area contributed by atoms with Gasteiger partial charge in [0.05, 0.1) is 21.6 Å². The lowest BCUT2D eigenvalue weighted by Crippen LogP contribution is -2.07. The number of halogens is 1. The Kier molecular flexibility index (Phi) is 3.63. The molecule has 0 aliphatic rings. The summed E-state index contributed by atoms with van der Waals surface area (Å²) in [7, 11) is 0. The number of nitrogens with one attached hydrogen (secondary N) is 1. The molecular weight excluding hydrogens is 320 g/mol. The maximum absolute atomic E-state index is 12.2. The summed E-state index contributed by atoms with van der Waals surface area (Å²) in [5, 5.41) is 0.919. The third-order valence-electron chi connectivity index (χ3n) is 3.96. The van der Waals surface area contributed by atoms with Crippen molar-refractivity contribution in [3.63, 3.8) is 0 Å². The minimum atomic E-state index is -0.196. The number of aromatic amines is 1. The van der Waals surface area contributed by atoms with Crippen LogP contribution in [0.5, 0.6) is 0 Å². The highest BCUT2D eigenvalue weighted by Crippen LogP contribution is 2.33. The second kappa shape index (κ2) is 5.95. The molecule has 2 heterocycles. The highest BCUT2D eigenvalue weighted by Gasteiger charge is 2.14. The molecule has 0 bridgehead atoms. The van der Waals surface area contributed by atoms with Gasteiger partial charge >= 0.3 is 0 Å². The molecule has 0 atom stereocenters. The molecule has 0 spiro atoms. The van der Waals surface area contributed by atoms with Gasteiger partial charge in [-0.15, -0.1) is 0 Å². The molecule has 4 heteroatoms. The summed E-state index contributed by atoms with van der Waals surface area (Å²) < 4.78 is 0. The number of hydrogen-bond donors (Lipinski definition) is 1. The number of pyridine rings is 2. The van der Waals surface area contributed by atoms with Crippen molar-refractivity contribution in [2.24, 2.45) is 0 Å². The molecule has 1 N–H and O–H groups in total. The van der Waals surface area contributed by atoms with Gasteiger partial charge in [0.15, 0.2) is 0 Å². The van der Waals surface area contributed by atoms with Crippen molar-refractivity contribution < 1.29 is 0 Å². The van der Waals surface area contributed by atoms with E-state index in [1.807, 2.05) is 66.7 Å². The van der Waals surface area contributed by atoms with Crippen molar-refractivity contribution in [2.75, 3.05) is 0 Å². The SMILES string of the molecule is O=c1[nH]cc(Cl)c2nc(-c3ccccc3)c(-c3ccccc3)cc12. The molecule has 0 saturated carbocycles. The van der Waals surface area contributed by atoms with Gasteiger partial charge in [0.1, 0.15) is 0 Å². The van der Waals surface area contributed by atoms with E-state index in [2.05, 4.69) is 4.98 Å². The van der Waals surface area contributed by atoms with Gasteiger partial charge in [0.2, 0.25) is 0 Å². The molecular formula is C20H13ClN2O. The summed E-state index contributed by atoms with van der Waals surface area (Å²) in [4.78, 5) is 19.6. The van der Waals surface area contributed by atoms with Gasteiger partial charge in [-0.05, 0) is 11.6 Å². The minimum Gasteiger partial charge on any atom is -0.327 e. The van der Waals surface area contributed by atoms with Gasteiger partial charge < -0.3 is 4.98 Å². The summed E-state index contributed by atoms with van der Waals surface area (Å²) in [6, 6.07) is 21.7. The van der Waals surface area contributed by atoms with E-state index in [-0.39, 0.29) is 5.56 Å². The first kappa shape index (κ1) is 14.7. The van der Waals surface area contributed by atoms with Crippen LogP contribution in [0.4, 0.5) is 0 Å². The molecule has 0 fully saturated rings. The van der Waals surface area contributed by atoms with Crippen LogP contribution in [0.15, 0.2) is 77.7 Å². The lowest BCUT2D eigenvalue weighted by molar-refractivity contribution is 1.26. The Balaban J connectivity index is 2.12. The molecule has 2 aromatic heterocycles. The van der Waals surface area contributed by atoms with Gasteiger partial charge in [-0.1, -0.05) is 72.3 Å². The van der Waals surface area contributed by atoms with Crippen LogP contribution in [0, 0.1) is 0 Å². The Labute approximate surface area is 143 Å². The number of benzene rings is 2. The Hall–Kier alpha value is -2.91. The number of aromatic nitrogens is 2. The lowest BCUT2D eigenvalue weighted by Gasteiger charge is -2.11. The van der Waals surface area contributed by atoms with Crippen LogP contribution in [0.2, 0.25) is 5.02 Å². The standard InChI is InChI=1S/C20H13ClN2O/c21-17-12-22-20(24)16-11-15(13-7-3-1-4-8-13)18(23-19(16)17)14-9-5-2-6-10-14/h1-12H,(H,22,24). The van der Waals surface area contributed by atoms with Crippen LogP contribution in [-0.4, -0.2) is 9.97 Å². The van der Waals surface area contributed by atoms with Crippen LogP contribution >= 0.6 is 11.6 Å². The van der Waals surface area contributed by atoms with Crippen LogP contribution in [0.3, 0.4) is 0 Å². The van der Waals surface area contributed by atoms with Crippen LogP contribution in [0.25, 0.3) is 33.3 Å². The van der Waals surface area contributed by atoms with Gasteiger partial charge in [-0.25, -0.2) is 4.98 Å². The van der Waals surface area contributed by atoms with Gasteiger partial charge in [0, 0.05) is 17.3 Å². The van der Waals surface area contributed by atoms with Crippen molar-refractivity contribution in [1.82, 2.24) is 9.97 Å². The molecule has 0 saturated heterocycles. The smallest absolute Gasteiger partial charge is 0.257 e.